The van der Waals surface area contributed by atoms with Crippen LogP contribution in [-0.4, -0.2) is 52.5 Å². The standard InChI is InChI=1S/C15H24N6O2/c1-11(2)8-13(22)16-4-6-21-15-12(9-20-21)14(18-10-19-15)17-5-7-23-3/h9-11H,4-8H2,1-3H3,(H,16,22)(H,17,18,19). The van der Waals surface area contributed by atoms with Crippen LogP contribution in [0.1, 0.15) is 20.3 Å². The van der Waals surface area contributed by atoms with Gasteiger partial charge in [0.05, 0.1) is 24.7 Å². The molecular formula is C15H24N6O2. The van der Waals surface area contributed by atoms with E-state index in [1.54, 1.807) is 18.0 Å². The van der Waals surface area contributed by atoms with Crippen LogP contribution in [-0.2, 0) is 16.1 Å². The molecule has 0 saturated heterocycles. The van der Waals surface area contributed by atoms with Crippen LogP contribution in [0.5, 0.6) is 0 Å². The molecule has 0 atom stereocenters. The van der Waals surface area contributed by atoms with Crippen LogP contribution in [0.2, 0.25) is 0 Å². The van der Waals surface area contributed by atoms with Gasteiger partial charge >= 0.3 is 0 Å². The Labute approximate surface area is 135 Å². The van der Waals surface area contributed by atoms with Crippen molar-refractivity contribution in [3.63, 3.8) is 0 Å². The van der Waals surface area contributed by atoms with E-state index in [4.69, 9.17) is 4.74 Å². The first-order chi connectivity index (χ1) is 11.1. The van der Waals surface area contributed by atoms with Crippen LogP contribution in [0.25, 0.3) is 11.0 Å². The van der Waals surface area contributed by atoms with Crippen molar-refractivity contribution in [1.82, 2.24) is 25.1 Å². The Morgan fingerprint density at radius 3 is 2.91 bits per heavy atom. The number of rotatable bonds is 9. The van der Waals surface area contributed by atoms with Crippen LogP contribution in [0, 0.1) is 5.92 Å². The third kappa shape index (κ3) is 4.88. The highest BCUT2D eigenvalue weighted by Gasteiger charge is 2.10. The molecule has 0 unspecified atom stereocenters. The fourth-order valence-corrected chi connectivity index (χ4v) is 2.21. The van der Waals surface area contributed by atoms with Crippen LogP contribution in [0.3, 0.4) is 0 Å². The summed E-state index contributed by atoms with van der Waals surface area (Å²) in [5.74, 6) is 1.16. The first kappa shape index (κ1) is 17.1. The maximum Gasteiger partial charge on any atom is 0.220 e. The molecule has 0 spiro atoms. The molecule has 0 radical (unpaired) electrons. The van der Waals surface area contributed by atoms with Crippen LogP contribution in [0.4, 0.5) is 5.82 Å². The number of fused-ring (bicyclic) bond motifs is 1. The Hall–Kier alpha value is -2.22. The molecule has 0 aromatic carbocycles. The molecule has 0 saturated carbocycles. The van der Waals surface area contributed by atoms with Crippen molar-refractivity contribution in [2.45, 2.75) is 26.8 Å². The Balaban J connectivity index is 1.97. The van der Waals surface area contributed by atoms with Crippen LogP contribution < -0.4 is 10.6 Å². The Kier molecular flexibility index (Phi) is 6.28. The van der Waals surface area contributed by atoms with Gasteiger partial charge in [0.25, 0.3) is 0 Å². The number of nitrogens with one attached hydrogen (secondary N) is 2. The number of hydrogen-bond donors (Lipinski definition) is 2. The second-order valence-corrected chi connectivity index (χ2v) is 5.69. The highest BCUT2D eigenvalue weighted by molar-refractivity contribution is 5.86. The Morgan fingerprint density at radius 1 is 1.35 bits per heavy atom. The summed E-state index contributed by atoms with van der Waals surface area (Å²) >= 11 is 0. The number of ether oxygens (including phenoxy) is 1. The van der Waals surface area contributed by atoms with Gasteiger partial charge in [0.15, 0.2) is 5.65 Å². The molecule has 2 aromatic heterocycles. The summed E-state index contributed by atoms with van der Waals surface area (Å²) in [5, 5.41) is 11.3. The van der Waals surface area contributed by atoms with Gasteiger partial charge in [-0.3, -0.25) is 4.79 Å². The fraction of sp³-hybridized carbons (Fsp3) is 0.600. The van der Waals surface area contributed by atoms with E-state index in [2.05, 4.69) is 25.7 Å². The van der Waals surface area contributed by atoms with Gasteiger partial charge < -0.3 is 15.4 Å². The average molecular weight is 320 g/mol. The molecule has 8 heteroatoms. The topological polar surface area (TPSA) is 94.0 Å². The average Bonchev–Trinajstić information content (AvgIpc) is 2.91. The first-order valence-corrected chi connectivity index (χ1v) is 7.77. The Bertz CT molecular complexity index is 640. The second-order valence-electron chi connectivity index (χ2n) is 5.69. The number of carbonyl (C=O) groups excluding carboxylic acids is 1. The van der Waals surface area contributed by atoms with E-state index in [1.807, 2.05) is 13.8 Å². The number of anilines is 1. The highest BCUT2D eigenvalue weighted by Crippen LogP contribution is 2.18. The molecule has 0 aliphatic rings. The summed E-state index contributed by atoms with van der Waals surface area (Å²) in [7, 11) is 1.66. The van der Waals surface area contributed by atoms with Crippen molar-refractivity contribution in [3.05, 3.63) is 12.5 Å². The molecule has 0 fully saturated rings. The van der Waals surface area contributed by atoms with Gasteiger partial charge in [0, 0.05) is 26.6 Å². The molecular weight excluding hydrogens is 296 g/mol. The van der Waals surface area contributed by atoms with E-state index in [9.17, 15) is 4.79 Å². The van der Waals surface area contributed by atoms with E-state index in [-0.39, 0.29) is 5.91 Å². The summed E-state index contributed by atoms with van der Waals surface area (Å²) in [5.41, 5.74) is 0.748. The minimum absolute atomic E-state index is 0.0630. The fourth-order valence-electron chi connectivity index (χ4n) is 2.21. The zero-order valence-electron chi connectivity index (χ0n) is 13.9. The van der Waals surface area contributed by atoms with Gasteiger partial charge in [-0.25, -0.2) is 14.6 Å². The second kappa shape index (κ2) is 8.42. The minimum atomic E-state index is 0.0630. The van der Waals surface area contributed by atoms with Crippen molar-refractivity contribution < 1.29 is 9.53 Å². The number of aromatic nitrogens is 4. The number of nitrogens with zero attached hydrogens (tertiary/aromatic N) is 4. The van der Waals surface area contributed by atoms with Gasteiger partial charge in [-0.2, -0.15) is 5.10 Å². The molecule has 0 aliphatic heterocycles. The van der Waals surface area contributed by atoms with Gasteiger partial charge in [-0.05, 0) is 5.92 Å². The van der Waals surface area contributed by atoms with Crippen LogP contribution >= 0.6 is 0 Å². The van der Waals surface area contributed by atoms with Gasteiger partial charge in [-0.1, -0.05) is 13.8 Å². The molecule has 1 amide bonds. The van der Waals surface area contributed by atoms with E-state index >= 15 is 0 Å². The maximum atomic E-state index is 11.7. The maximum absolute atomic E-state index is 11.7. The quantitative estimate of drug-likeness (QED) is 0.671. The van der Waals surface area contributed by atoms with Gasteiger partial charge in [-0.15, -0.1) is 0 Å². The zero-order valence-corrected chi connectivity index (χ0v) is 13.9. The first-order valence-electron chi connectivity index (χ1n) is 7.77. The van der Waals surface area contributed by atoms with E-state index < -0.39 is 0 Å². The number of amides is 1. The molecule has 0 bridgehead atoms. The summed E-state index contributed by atoms with van der Waals surface area (Å²) in [6, 6.07) is 0. The van der Waals surface area contributed by atoms with Crippen molar-refractivity contribution in [1.29, 1.82) is 0 Å². The molecule has 2 aromatic rings. The third-order valence-corrected chi connectivity index (χ3v) is 3.27. The third-order valence-electron chi connectivity index (χ3n) is 3.27. The predicted octanol–water partition coefficient (Wildman–Crippen LogP) is 1.05. The number of methoxy groups -OCH3 is 1. The lowest BCUT2D eigenvalue weighted by molar-refractivity contribution is -0.121. The smallest absolute Gasteiger partial charge is 0.220 e. The van der Waals surface area contributed by atoms with E-state index in [1.165, 1.54) is 6.33 Å². The zero-order chi connectivity index (χ0) is 16.7. The SMILES string of the molecule is COCCNc1ncnc2c1cnn2CCNC(=O)CC(C)C. The normalized spacial score (nSPS) is 11.1. The van der Waals surface area contributed by atoms with E-state index in [0.717, 1.165) is 16.9 Å². The molecule has 23 heavy (non-hydrogen) atoms. The van der Waals surface area contributed by atoms with Crippen molar-refractivity contribution in [3.8, 4) is 0 Å². The molecule has 2 N–H and O–H groups in total. The summed E-state index contributed by atoms with van der Waals surface area (Å²) < 4.78 is 6.79. The largest absolute Gasteiger partial charge is 0.383 e. The lowest BCUT2D eigenvalue weighted by Crippen LogP contribution is -2.28. The molecule has 0 aliphatic carbocycles. The number of carbonyl (C=O) groups is 1. The lowest BCUT2D eigenvalue weighted by Gasteiger charge is -2.08. The molecule has 2 rings (SSSR count). The van der Waals surface area contributed by atoms with Gasteiger partial charge in [0.2, 0.25) is 5.91 Å². The van der Waals surface area contributed by atoms with E-state index in [0.29, 0.717) is 38.6 Å². The predicted molar refractivity (Wildman–Crippen MR) is 88.2 cm³/mol. The van der Waals surface area contributed by atoms with Crippen molar-refractivity contribution in [2.75, 3.05) is 32.1 Å². The van der Waals surface area contributed by atoms with Crippen molar-refractivity contribution >= 4 is 22.8 Å². The monoisotopic (exact) mass is 320 g/mol. The molecule has 126 valence electrons. The summed E-state index contributed by atoms with van der Waals surface area (Å²) in [6.07, 6.45) is 3.78. The van der Waals surface area contributed by atoms with Crippen LogP contribution in [0.15, 0.2) is 12.5 Å². The Morgan fingerprint density at radius 2 is 2.17 bits per heavy atom. The van der Waals surface area contributed by atoms with Gasteiger partial charge in [0.1, 0.15) is 12.1 Å². The molecule has 2 heterocycles. The summed E-state index contributed by atoms with van der Waals surface area (Å²) in [6.45, 7) is 6.41. The van der Waals surface area contributed by atoms with Crippen molar-refractivity contribution in [2.24, 2.45) is 5.92 Å². The highest BCUT2D eigenvalue weighted by atomic mass is 16.5. The summed E-state index contributed by atoms with van der Waals surface area (Å²) in [4.78, 5) is 20.2. The minimum Gasteiger partial charge on any atom is -0.383 e. The lowest BCUT2D eigenvalue weighted by atomic mass is 10.1. The number of hydrogen-bond acceptors (Lipinski definition) is 6. The molecule has 8 nitrogen and oxygen atoms in total.